The molecule has 0 aromatic carbocycles. The van der Waals surface area contributed by atoms with E-state index in [9.17, 15) is 4.79 Å². The Hall–Kier alpha value is -1.12. The van der Waals surface area contributed by atoms with Crippen LogP contribution in [0.3, 0.4) is 0 Å². The lowest BCUT2D eigenvalue weighted by atomic mass is 10.1. The van der Waals surface area contributed by atoms with Crippen LogP contribution in [0.4, 0.5) is 0 Å². The van der Waals surface area contributed by atoms with E-state index in [0.717, 1.165) is 23.5 Å². The molecule has 3 heteroatoms. The second-order valence-electron chi connectivity index (χ2n) is 4.18. The topological polar surface area (TPSA) is 34.9 Å². The zero-order valence-electron chi connectivity index (χ0n) is 9.59. The number of nitrogens with zero attached hydrogens (tertiary/aromatic N) is 2. The van der Waals surface area contributed by atoms with Crippen LogP contribution in [0.5, 0.6) is 0 Å². The fraction of sp³-hybridized carbons (Fsp3) is 0.636. The maximum absolute atomic E-state index is 11.3. The van der Waals surface area contributed by atoms with Crippen molar-refractivity contribution in [3.05, 3.63) is 17.0 Å². The largest absolute Gasteiger partial charge is 0.294 e. The fourth-order valence-electron chi connectivity index (χ4n) is 1.73. The Morgan fingerprint density at radius 2 is 2.00 bits per heavy atom. The molecule has 78 valence electrons. The van der Waals surface area contributed by atoms with Crippen molar-refractivity contribution < 1.29 is 4.79 Å². The summed E-state index contributed by atoms with van der Waals surface area (Å²) >= 11 is 0. The first-order valence-corrected chi connectivity index (χ1v) is 4.98. The van der Waals surface area contributed by atoms with Gasteiger partial charge in [-0.2, -0.15) is 5.10 Å². The SMILES string of the molecule is CC(=O)c1c(C)nn(CC(C)C)c1C. The number of carbonyl (C=O) groups is 1. The van der Waals surface area contributed by atoms with E-state index in [1.807, 2.05) is 18.5 Å². The Morgan fingerprint density at radius 3 is 2.36 bits per heavy atom. The normalized spacial score (nSPS) is 11.0. The first-order valence-electron chi connectivity index (χ1n) is 4.98. The number of carbonyl (C=O) groups excluding carboxylic acids is 1. The third kappa shape index (κ3) is 2.03. The highest BCUT2D eigenvalue weighted by Gasteiger charge is 2.15. The molecular formula is C11H18N2O. The zero-order chi connectivity index (χ0) is 10.9. The van der Waals surface area contributed by atoms with E-state index in [0.29, 0.717) is 5.92 Å². The van der Waals surface area contributed by atoms with Crippen LogP contribution >= 0.6 is 0 Å². The third-order valence-electron chi connectivity index (χ3n) is 2.27. The molecule has 0 aliphatic carbocycles. The van der Waals surface area contributed by atoms with Crippen molar-refractivity contribution in [3.63, 3.8) is 0 Å². The van der Waals surface area contributed by atoms with Crippen molar-refractivity contribution >= 4 is 5.78 Å². The van der Waals surface area contributed by atoms with E-state index in [2.05, 4.69) is 18.9 Å². The van der Waals surface area contributed by atoms with Gasteiger partial charge in [0.2, 0.25) is 0 Å². The summed E-state index contributed by atoms with van der Waals surface area (Å²) < 4.78 is 1.93. The van der Waals surface area contributed by atoms with Gasteiger partial charge >= 0.3 is 0 Å². The van der Waals surface area contributed by atoms with Crippen LogP contribution in [0.25, 0.3) is 0 Å². The summed E-state index contributed by atoms with van der Waals surface area (Å²) in [7, 11) is 0. The maximum atomic E-state index is 11.3. The number of hydrogen-bond acceptors (Lipinski definition) is 2. The predicted octanol–water partition coefficient (Wildman–Crippen LogP) is 2.36. The summed E-state index contributed by atoms with van der Waals surface area (Å²) in [4.78, 5) is 11.3. The summed E-state index contributed by atoms with van der Waals surface area (Å²) in [6, 6.07) is 0. The third-order valence-corrected chi connectivity index (χ3v) is 2.27. The molecule has 0 N–H and O–H groups in total. The van der Waals surface area contributed by atoms with Crippen LogP contribution < -0.4 is 0 Å². The summed E-state index contributed by atoms with van der Waals surface area (Å²) in [5, 5.41) is 4.37. The van der Waals surface area contributed by atoms with Crippen molar-refractivity contribution in [2.75, 3.05) is 0 Å². The number of rotatable bonds is 3. The number of aryl methyl sites for hydroxylation is 1. The highest BCUT2D eigenvalue weighted by molar-refractivity contribution is 5.96. The lowest BCUT2D eigenvalue weighted by molar-refractivity contribution is 0.101. The van der Waals surface area contributed by atoms with E-state index < -0.39 is 0 Å². The molecule has 1 heterocycles. The first-order chi connectivity index (χ1) is 6.43. The molecule has 1 aromatic heterocycles. The molecule has 0 bridgehead atoms. The molecule has 0 amide bonds. The van der Waals surface area contributed by atoms with Gasteiger partial charge in [0.15, 0.2) is 5.78 Å². The van der Waals surface area contributed by atoms with Gasteiger partial charge in [-0.3, -0.25) is 9.48 Å². The second kappa shape index (κ2) is 3.95. The molecule has 0 atom stereocenters. The molecule has 0 aliphatic rings. The van der Waals surface area contributed by atoms with Gasteiger partial charge in [0.25, 0.3) is 0 Å². The predicted molar refractivity (Wildman–Crippen MR) is 56.5 cm³/mol. The molecule has 0 radical (unpaired) electrons. The number of Topliss-reactive ketones (excluding diaryl/α,β-unsaturated/α-hetero) is 1. The van der Waals surface area contributed by atoms with E-state index in [-0.39, 0.29) is 5.78 Å². The Morgan fingerprint density at radius 1 is 1.43 bits per heavy atom. The highest BCUT2D eigenvalue weighted by atomic mass is 16.1. The minimum absolute atomic E-state index is 0.106. The molecule has 0 unspecified atom stereocenters. The Labute approximate surface area is 85.1 Å². The minimum atomic E-state index is 0.106. The van der Waals surface area contributed by atoms with E-state index in [4.69, 9.17) is 0 Å². The van der Waals surface area contributed by atoms with Crippen LogP contribution in [0.2, 0.25) is 0 Å². The molecule has 3 nitrogen and oxygen atoms in total. The average molecular weight is 194 g/mol. The summed E-state index contributed by atoms with van der Waals surface area (Å²) in [5.41, 5.74) is 2.62. The standard InChI is InChI=1S/C11H18N2O/c1-7(2)6-13-9(4)11(10(5)14)8(3)12-13/h7H,6H2,1-5H3. The van der Waals surface area contributed by atoms with Crippen molar-refractivity contribution in [1.82, 2.24) is 9.78 Å². The van der Waals surface area contributed by atoms with Gasteiger partial charge in [0.1, 0.15) is 0 Å². The van der Waals surface area contributed by atoms with Crippen molar-refractivity contribution in [3.8, 4) is 0 Å². The smallest absolute Gasteiger partial charge is 0.163 e. The van der Waals surface area contributed by atoms with Gasteiger partial charge in [0, 0.05) is 12.2 Å². The fourth-order valence-corrected chi connectivity index (χ4v) is 1.73. The molecule has 1 rings (SSSR count). The van der Waals surface area contributed by atoms with Crippen molar-refractivity contribution in [2.45, 2.75) is 41.2 Å². The quantitative estimate of drug-likeness (QED) is 0.692. The van der Waals surface area contributed by atoms with Crippen LogP contribution in [-0.4, -0.2) is 15.6 Å². The monoisotopic (exact) mass is 194 g/mol. The highest BCUT2D eigenvalue weighted by Crippen LogP contribution is 2.14. The van der Waals surface area contributed by atoms with Gasteiger partial charge in [-0.05, 0) is 26.7 Å². The van der Waals surface area contributed by atoms with Gasteiger partial charge in [-0.15, -0.1) is 0 Å². The van der Waals surface area contributed by atoms with Crippen LogP contribution in [-0.2, 0) is 6.54 Å². The molecular weight excluding hydrogens is 176 g/mol. The Bertz CT molecular complexity index is 350. The molecule has 0 saturated carbocycles. The van der Waals surface area contributed by atoms with E-state index in [1.54, 1.807) is 6.92 Å². The summed E-state index contributed by atoms with van der Waals surface area (Å²) in [6.07, 6.45) is 0. The van der Waals surface area contributed by atoms with E-state index in [1.165, 1.54) is 0 Å². The van der Waals surface area contributed by atoms with Gasteiger partial charge in [-0.25, -0.2) is 0 Å². The Kier molecular flexibility index (Phi) is 3.09. The van der Waals surface area contributed by atoms with Crippen LogP contribution in [0.1, 0.15) is 42.5 Å². The van der Waals surface area contributed by atoms with Crippen molar-refractivity contribution in [1.29, 1.82) is 0 Å². The molecule has 0 spiro atoms. The number of ketones is 1. The number of aromatic nitrogens is 2. The lowest BCUT2D eigenvalue weighted by Gasteiger charge is -2.07. The molecule has 14 heavy (non-hydrogen) atoms. The second-order valence-corrected chi connectivity index (χ2v) is 4.18. The van der Waals surface area contributed by atoms with Crippen LogP contribution in [0.15, 0.2) is 0 Å². The summed E-state index contributed by atoms with van der Waals surface area (Å²) in [6.45, 7) is 10.6. The zero-order valence-corrected chi connectivity index (χ0v) is 9.59. The minimum Gasteiger partial charge on any atom is -0.294 e. The van der Waals surface area contributed by atoms with Crippen molar-refractivity contribution in [2.24, 2.45) is 5.92 Å². The van der Waals surface area contributed by atoms with Gasteiger partial charge in [-0.1, -0.05) is 13.8 Å². The molecule has 0 fully saturated rings. The van der Waals surface area contributed by atoms with Crippen LogP contribution in [0, 0.1) is 19.8 Å². The Balaban J connectivity index is 3.10. The molecule has 1 aromatic rings. The van der Waals surface area contributed by atoms with Gasteiger partial charge < -0.3 is 0 Å². The summed E-state index contributed by atoms with van der Waals surface area (Å²) in [5.74, 6) is 0.655. The molecule has 0 aliphatic heterocycles. The first kappa shape index (κ1) is 11.0. The lowest BCUT2D eigenvalue weighted by Crippen LogP contribution is -2.08. The number of hydrogen-bond donors (Lipinski definition) is 0. The van der Waals surface area contributed by atoms with E-state index >= 15 is 0 Å². The maximum Gasteiger partial charge on any atom is 0.163 e. The average Bonchev–Trinajstić information content (AvgIpc) is 2.25. The van der Waals surface area contributed by atoms with Gasteiger partial charge in [0.05, 0.1) is 11.3 Å². The molecule has 0 saturated heterocycles.